The van der Waals surface area contributed by atoms with Crippen LogP contribution in [0.15, 0.2) is 46.9 Å². The number of benzene rings is 2. The number of rotatable bonds is 4. The third-order valence-corrected chi connectivity index (χ3v) is 3.32. The minimum Gasteiger partial charge on any atom is -0.456 e. The van der Waals surface area contributed by atoms with E-state index in [0.717, 1.165) is 5.56 Å². The van der Waals surface area contributed by atoms with E-state index in [1.165, 1.54) is 0 Å². The number of nitrogens with zero attached hydrogens (tertiary/aromatic N) is 1. The van der Waals surface area contributed by atoms with Crippen LogP contribution in [0.25, 0.3) is 0 Å². The molecule has 3 nitrogen and oxygen atoms in total. The van der Waals surface area contributed by atoms with Crippen LogP contribution < -0.4 is 4.74 Å². The highest BCUT2D eigenvalue weighted by Crippen LogP contribution is 2.31. The van der Waals surface area contributed by atoms with Crippen molar-refractivity contribution < 1.29 is 9.84 Å². The Balaban J connectivity index is 2.37. The number of nitriles is 1. The highest BCUT2D eigenvalue weighted by Gasteiger charge is 2.10. The number of aliphatic hydroxyl groups is 1. The molecule has 0 aliphatic heterocycles. The van der Waals surface area contributed by atoms with Crippen molar-refractivity contribution in [3.8, 4) is 17.6 Å². The van der Waals surface area contributed by atoms with E-state index >= 15 is 0 Å². The third-order valence-electron chi connectivity index (χ3n) is 2.66. The lowest BCUT2D eigenvalue weighted by Gasteiger charge is -2.12. The minimum absolute atomic E-state index is 0.0595. The molecule has 0 bridgehead atoms. The second kappa shape index (κ2) is 6.37. The van der Waals surface area contributed by atoms with Crippen LogP contribution in [-0.4, -0.2) is 11.7 Å². The molecule has 0 unspecified atom stereocenters. The Morgan fingerprint density at radius 3 is 2.58 bits per heavy atom. The fourth-order valence-corrected chi connectivity index (χ4v) is 2.18. The van der Waals surface area contributed by atoms with Crippen LogP contribution in [0.2, 0.25) is 0 Å². The molecule has 1 N–H and O–H groups in total. The van der Waals surface area contributed by atoms with E-state index in [4.69, 9.17) is 15.1 Å². The van der Waals surface area contributed by atoms with Crippen LogP contribution >= 0.6 is 15.9 Å². The van der Waals surface area contributed by atoms with E-state index in [2.05, 4.69) is 22.0 Å². The third kappa shape index (κ3) is 3.14. The Morgan fingerprint density at radius 2 is 1.84 bits per heavy atom. The van der Waals surface area contributed by atoms with Crippen molar-refractivity contribution in [3.63, 3.8) is 0 Å². The molecule has 0 aliphatic rings. The van der Waals surface area contributed by atoms with Gasteiger partial charge in [-0.1, -0.05) is 24.3 Å². The van der Waals surface area contributed by atoms with E-state index in [1.54, 1.807) is 12.1 Å². The molecule has 0 aromatic heterocycles. The number of halogens is 1. The Bertz CT molecular complexity index is 620. The Kier molecular flexibility index (Phi) is 4.56. The van der Waals surface area contributed by atoms with E-state index in [9.17, 15) is 0 Å². The zero-order valence-electron chi connectivity index (χ0n) is 10.1. The molecule has 4 heteroatoms. The van der Waals surface area contributed by atoms with Gasteiger partial charge in [-0.3, -0.25) is 0 Å². The fourth-order valence-electron chi connectivity index (χ4n) is 1.75. The molecule has 0 saturated carbocycles. The highest BCUT2D eigenvalue weighted by atomic mass is 79.9. The van der Waals surface area contributed by atoms with Crippen molar-refractivity contribution in [3.05, 3.63) is 58.1 Å². The van der Waals surface area contributed by atoms with E-state index in [-0.39, 0.29) is 6.61 Å². The van der Waals surface area contributed by atoms with Gasteiger partial charge < -0.3 is 9.84 Å². The lowest BCUT2D eigenvalue weighted by Crippen LogP contribution is -1.96. The topological polar surface area (TPSA) is 53.2 Å². The molecular formula is C15H12BrNO2. The zero-order valence-corrected chi connectivity index (χ0v) is 11.7. The summed E-state index contributed by atoms with van der Waals surface area (Å²) < 4.78 is 6.50. The molecule has 0 heterocycles. The zero-order chi connectivity index (χ0) is 13.7. The van der Waals surface area contributed by atoms with Crippen molar-refractivity contribution in [1.82, 2.24) is 0 Å². The molecule has 0 aliphatic carbocycles. The summed E-state index contributed by atoms with van der Waals surface area (Å²) in [4.78, 5) is 0. The Labute approximate surface area is 120 Å². The number of para-hydroxylation sites is 1. The average molecular weight is 318 g/mol. The molecule has 2 aromatic rings. The maximum Gasteiger partial charge on any atom is 0.146 e. The number of aliphatic hydroxyl groups excluding tert-OH is 1. The number of hydrogen-bond donors (Lipinski definition) is 1. The molecule has 2 rings (SSSR count). The quantitative estimate of drug-likeness (QED) is 0.936. The maximum atomic E-state index is 9.15. The SMILES string of the molecule is N#Cc1c(Br)cccc1Oc1ccccc1CCO. The molecule has 0 spiro atoms. The summed E-state index contributed by atoms with van der Waals surface area (Å²) in [5.41, 5.74) is 1.37. The lowest BCUT2D eigenvalue weighted by molar-refractivity contribution is 0.298. The van der Waals surface area contributed by atoms with Gasteiger partial charge >= 0.3 is 0 Å². The number of ether oxygens (including phenoxy) is 1. The van der Waals surface area contributed by atoms with E-state index in [1.807, 2.05) is 30.3 Å². The maximum absolute atomic E-state index is 9.15. The van der Waals surface area contributed by atoms with Crippen molar-refractivity contribution in [2.75, 3.05) is 6.61 Å². The van der Waals surface area contributed by atoms with E-state index < -0.39 is 0 Å². The van der Waals surface area contributed by atoms with Gasteiger partial charge in [0, 0.05) is 11.1 Å². The first-order chi connectivity index (χ1) is 9.26. The van der Waals surface area contributed by atoms with Gasteiger partial charge in [-0.25, -0.2) is 0 Å². The summed E-state index contributed by atoms with van der Waals surface area (Å²) in [5, 5.41) is 18.2. The molecule has 0 fully saturated rings. The first kappa shape index (κ1) is 13.6. The van der Waals surface area contributed by atoms with Gasteiger partial charge in [-0.05, 0) is 46.1 Å². The summed E-state index contributed by atoms with van der Waals surface area (Å²) in [5.74, 6) is 1.16. The summed E-state index contributed by atoms with van der Waals surface area (Å²) in [6.45, 7) is 0.0595. The van der Waals surface area contributed by atoms with Crippen LogP contribution in [0.1, 0.15) is 11.1 Å². The molecule has 96 valence electrons. The van der Waals surface area contributed by atoms with Gasteiger partial charge in [0.05, 0.1) is 0 Å². The van der Waals surface area contributed by atoms with Gasteiger partial charge in [0.15, 0.2) is 0 Å². The number of hydrogen-bond acceptors (Lipinski definition) is 3. The molecule has 2 aromatic carbocycles. The standard InChI is InChI=1S/C15H12BrNO2/c16-13-5-3-7-15(12(13)10-17)19-14-6-2-1-4-11(14)8-9-18/h1-7,18H,8-9H2. The van der Waals surface area contributed by atoms with Crippen molar-refractivity contribution in [1.29, 1.82) is 5.26 Å². The monoisotopic (exact) mass is 317 g/mol. The van der Waals surface area contributed by atoms with Gasteiger partial charge in [-0.15, -0.1) is 0 Å². The smallest absolute Gasteiger partial charge is 0.146 e. The van der Waals surface area contributed by atoms with Crippen LogP contribution in [0.4, 0.5) is 0 Å². The summed E-state index contributed by atoms with van der Waals surface area (Å²) in [6, 6.07) is 15.0. The van der Waals surface area contributed by atoms with E-state index in [0.29, 0.717) is 28.0 Å². The predicted octanol–water partition coefficient (Wildman–Crippen LogP) is 3.65. The molecule has 0 atom stereocenters. The molecule has 19 heavy (non-hydrogen) atoms. The van der Waals surface area contributed by atoms with Crippen LogP contribution in [-0.2, 0) is 6.42 Å². The lowest BCUT2D eigenvalue weighted by atomic mass is 10.1. The molecule has 0 amide bonds. The second-order valence-corrected chi connectivity index (χ2v) is 4.76. The first-order valence-electron chi connectivity index (χ1n) is 5.81. The van der Waals surface area contributed by atoms with Crippen LogP contribution in [0.3, 0.4) is 0 Å². The highest BCUT2D eigenvalue weighted by molar-refractivity contribution is 9.10. The predicted molar refractivity (Wildman–Crippen MR) is 76.2 cm³/mol. The average Bonchev–Trinajstić information content (AvgIpc) is 2.41. The van der Waals surface area contributed by atoms with Gasteiger partial charge in [-0.2, -0.15) is 5.26 Å². The summed E-state index contributed by atoms with van der Waals surface area (Å²) in [7, 11) is 0. The second-order valence-electron chi connectivity index (χ2n) is 3.91. The first-order valence-corrected chi connectivity index (χ1v) is 6.60. The van der Waals surface area contributed by atoms with Gasteiger partial charge in [0.25, 0.3) is 0 Å². The molecule has 0 saturated heterocycles. The summed E-state index contributed by atoms with van der Waals surface area (Å²) >= 11 is 3.33. The normalized spacial score (nSPS) is 9.95. The largest absolute Gasteiger partial charge is 0.456 e. The van der Waals surface area contributed by atoms with Crippen molar-refractivity contribution in [2.24, 2.45) is 0 Å². The van der Waals surface area contributed by atoms with Crippen LogP contribution in [0, 0.1) is 11.3 Å². The molecule has 0 radical (unpaired) electrons. The van der Waals surface area contributed by atoms with Gasteiger partial charge in [0.1, 0.15) is 23.1 Å². The van der Waals surface area contributed by atoms with Gasteiger partial charge in [0.2, 0.25) is 0 Å². The Hall–Kier alpha value is -1.83. The van der Waals surface area contributed by atoms with Crippen molar-refractivity contribution in [2.45, 2.75) is 6.42 Å². The Morgan fingerprint density at radius 1 is 1.11 bits per heavy atom. The van der Waals surface area contributed by atoms with Crippen molar-refractivity contribution >= 4 is 15.9 Å². The summed E-state index contributed by atoms with van der Waals surface area (Å²) in [6.07, 6.45) is 0.520. The minimum atomic E-state index is 0.0595. The van der Waals surface area contributed by atoms with Crippen LogP contribution in [0.5, 0.6) is 11.5 Å². The molecular weight excluding hydrogens is 306 g/mol. The fraction of sp³-hybridized carbons (Fsp3) is 0.133.